The molecule has 0 saturated heterocycles. The first-order valence-corrected chi connectivity index (χ1v) is 8.12. The van der Waals surface area contributed by atoms with Crippen LogP contribution >= 0.6 is 23.6 Å². The van der Waals surface area contributed by atoms with Crippen molar-refractivity contribution in [2.75, 3.05) is 17.7 Å². The minimum absolute atomic E-state index is 0.314. The van der Waals surface area contributed by atoms with E-state index in [0.29, 0.717) is 10.7 Å². The predicted octanol–water partition coefficient (Wildman–Crippen LogP) is 3.23. The molecule has 0 spiro atoms. The summed E-state index contributed by atoms with van der Waals surface area (Å²) in [6.07, 6.45) is 6.39. The number of anilines is 2. The number of fused-ring (bicyclic) bond motifs is 1. The van der Waals surface area contributed by atoms with Crippen molar-refractivity contribution in [3.63, 3.8) is 0 Å². The molecular weight excluding hydrogens is 318 g/mol. The van der Waals surface area contributed by atoms with Gasteiger partial charge >= 0.3 is 5.97 Å². The second-order valence-corrected chi connectivity index (χ2v) is 6.39. The summed E-state index contributed by atoms with van der Waals surface area (Å²) in [5.41, 5.74) is 2.52. The maximum Gasteiger partial charge on any atom is 0.341 e. The molecule has 5 nitrogen and oxygen atoms in total. The lowest BCUT2D eigenvalue weighted by Gasteiger charge is -2.10. The molecule has 2 heterocycles. The fourth-order valence-electron chi connectivity index (χ4n) is 2.51. The highest BCUT2D eigenvalue weighted by molar-refractivity contribution is 7.80. The van der Waals surface area contributed by atoms with E-state index < -0.39 is 0 Å². The van der Waals surface area contributed by atoms with Crippen LogP contribution in [-0.2, 0) is 17.6 Å². The van der Waals surface area contributed by atoms with Crippen LogP contribution < -0.4 is 10.6 Å². The van der Waals surface area contributed by atoms with Crippen molar-refractivity contribution in [3.05, 3.63) is 40.5 Å². The molecule has 1 aliphatic carbocycles. The van der Waals surface area contributed by atoms with Gasteiger partial charge in [-0.05, 0) is 49.2 Å². The Morgan fingerprint density at radius 2 is 2.27 bits per heavy atom. The van der Waals surface area contributed by atoms with Crippen LogP contribution in [0.1, 0.15) is 27.2 Å². The van der Waals surface area contributed by atoms with E-state index in [-0.39, 0.29) is 5.97 Å². The van der Waals surface area contributed by atoms with Crippen molar-refractivity contribution in [2.45, 2.75) is 19.3 Å². The predicted molar refractivity (Wildman–Crippen MR) is 91.8 cm³/mol. The normalized spacial score (nSPS) is 12.6. The van der Waals surface area contributed by atoms with Crippen LogP contribution in [0.3, 0.4) is 0 Å². The summed E-state index contributed by atoms with van der Waals surface area (Å²) in [6, 6.07) is 3.70. The number of pyridine rings is 1. The Labute approximate surface area is 137 Å². The van der Waals surface area contributed by atoms with Gasteiger partial charge in [-0.15, -0.1) is 11.3 Å². The third kappa shape index (κ3) is 2.95. The molecule has 2 aromatic rings. The van der Waals surface area contributed by atoms with E-state index in [1.54, 1.807) is 23.7 Å². The van der Waals surface area contributed by atoms with Crippen LogP contribution in [0, 0.1) is 0 Å². The van der Waals surface area contributed by atoms with Gasteiger partial charge in [0, 0.05) is 11.1 Å². The number of aryl methyl sites for hydroxylation is 1. The minimum Gasteiger partial charge on any atom is -0.465 e. The Kier molecular flexibility index (Phi) is 4.35. The third-order valence-corrected chi connectivity index (χ3v) is 4.87. The number of carbonyl (C=O) groups excluding carboxylic acids is 1. The van der Waals surface area contributed by atoms with Gasteiger partial charge in [-0.25, -0.2) is 4.79 Å². The molecule has 0 atom stereocenters. The molecule has 0 aliphatic heterocycles. The fraction of sp³-hybridized carbons (Fsp3) is 0.267. The van der Waals surface area contributed by atoms with Crippen LogP contribution in [0.15, 0.2) is 24.5 Å². The van der Waals surface area contributed by atoms with E-state index in [4.69, 9.17) is 17.0 Å². The zero-order valence-corrected chi connectivity index (χ0v) is 13.6. The molecule has 7 heteroatoms. The number of methoxy groups -OCH3 is 1. The SMILES string of the molecule is COC(=O)c1c(NC(=S)Nc2cccnc2)sc2c1CCC2. The molecule has 0 fully saturated rings. The summed E-state index contributed by atoms with van der Waals surface area (Å²) in [5.74, 6) is -0.314. The zero-order valence-electron chi connectivity index (χ0n) is 12.0. The fourth-order valence-corrected chi connectivity index (χ4v) is 4.08. The summed E-state index contributed by atoms with van der Waals surface area (Å²) in [5, 5.41) is 7.34. The molecular formula is C15H15N3O2S2. The number of nitrogens with one attached hydrogen (secondary N) is 2. The van der Waals surface area contributed by atoms with E-state index in [2.05, 4.69) is 15.6 Å². The maximum atomic E-state index is 12.1. The topological polar surface area (TPSA) is 63.2 Å². The Hall–Kier alpha value is -1.99. The number of nitrogens with zero attached hydrogens (tertiary/aromatic N) is 1. The molecule has 3 rings (SSSR count). The van der Waals surface area contributed by atoms with Gasteiger partial charge in [0.15, 0.2) is 5.11 Å². The van der Waals surface area contributed by atoms with Crippen LogP contribution in [0.4, 0.5) is 10.7 Å². The molecule has 114 valence electrons. The Morgan fingerprint density at radius 3 is 3.00 bits per heavy atom. The molecule has 0 radical (unpaired) electrons. The van der Waals surface area contributed by atoms with Crippen LogP contribution in [0.25, 0.3) is 0 Å². The first-order valence-electron chi connectivity index (χ1n) is 6.90. The lowest BCUT2D eigenvalue weighted by Crippen LogP contribution is -2.20. The number of thiophene rings is 1. The van der Waals surface area contributed by atoms with Crippen molar-refractivity contribution in [2.24, 2.45) is 0 Å². The molecule has 1 aliphatic rings. The molecule has 0 unspecified atom stereocenters. The van der Waals surface area contributed by atoms with Crippen molar-refractivity contribution in [1.82, 2.24) is 4.98 Å². The van der Waals surface area contributed by atoms with Gasteiger partial charge in [-0.2, -0.15) is 0 Å². The average molecular weight is 333 g/mol. The standard InChI is InChI=1S/C15H15N3O2S2/c1-20-14(19)12-10-5-2-6-11(10)22-13(12)18-15(21)17-9-4-3-7-16-8-9/h3-4,7-8H,2,5-6H2,1H3,(H2,17,18,21). The molecule has 0 saturated carbocycles. The van der Waals surface area contributed by atoms with E-state index in [0.717, 1.165) is 35.5 Å². The second-order valence-electron chi connectivity index (χ2n) is 4.87. The van der Waals surface area contributed by atoms with Crippen molar-refractivity contribution in [1.29, 1.82) is 0 Å². The smallest absolute Gasteiger partial charge is 0.341 e. The van der Waals surface area contributed by atoms with Gasteiger partial charge < -0.3 is 15.4 Å². The Balaban J connectivity index is 1.80. The van der Waals surface area contributed by atoms with Crippen molar-refractivity contribution >= 4 is 45.3 Å². The van der Waals surface area contributed by atoms with Crippen LogP contribution in [-0.4, -0.2) is 23.2 Å². The summed E-state index contributed by atoms with van der Waals surface area (Å²) < 4.78 is 4.91. The summed E-state index contributed by atoms with van der Waals surface area (Å²) in [7, 11) is 1.40. The Morgan fingerprint density at radius 1 is 1.41 bits per heavy atom. The number of hydrogen-bond acceptors (Lipinski definition) is 5. The Bertz CT molecular complexity index is 713. The number of rotatable bonds is 3. The van der Waals surface area contributed by atoms with Gasteiger partial charge in [0.05, 0.1) is 24.6 Å². The van der Waals surface area contributed by atoms with E-state index >= 15 is 0 Å². The molecule has 22 heavy (non-hydrogen) atoms. The molecule has 2 N–H and O–H groups in total. The summed E-state index contributed by atoms with van der Waals surface area (Å²) in [4.78, 5) is 17.3. The lowest BCUT2D eigenvalue weighted by molar-refractivity contribution is 0.0601. The first-order chi connectivity index (χ1) is 10.7. The maximum absolute atomic E-state index is 12.1. The van der Waals surface area contributed by atoms with Crippen molar-refractivity contribution in [3.8, 4) is 0 Å². The number of thiocarbonyl (C=S) groups is 1. The highest BCUT2D eigenvalue weighted by atomic mass is 32.1. The number of hydrogen-bond donors (Lipinski definition) is 2. The lowest BCUT2D eigenvalue weighted by atomic mass is 10.1. The van der Waals surface area contributed by atoms with E-state index in [1.165, 1.54) is 12.0 Å². The monoisotopic (exact) mass is 333 g/mol. The minimum atomic E-state index is -0.314. The highest BCUT2D eigenvalue weighted by Gasteiger charge is 2.27. The molecule has 0 amide bonds. The summed E-state index contributed by atoms with van der Waals surface area (Å²) in [6.45, 7) is 0. The second kappa shape index (κ2) is 6.41. The van der Waals surface area contributed by atoms with Gasteiger partial charge in [-0.1, -0.05) is 0 Å². The van der Waals surface area contributed by atoms with Gasteiger partial charge in [0.1, 0.15) is 5.00 Å². The summed E-state index contributed by atoms with van der Waals surface area (Å²) >= 11 is 6.89. The average Bonchev–Trinajstić information content (AvgIpc) is 3.08. The van der Waals surface area contributed by atoms with Crippen molar-refractivity contribution < 1.29 is 9.53 Å². The number of carbonyl (C=O) groups is 1. The van der Waals surface area contributed by atoms with Gasteiger partial charge in [0.25, 0.3) is 0 Å². The zero-order chi connectivity index (χ0) is 15.5. The van der Waals surface area contributed by atoms with Crippen LogP contribution in [0.5, 0.6) is 0 Å². The number of esters is 1. The van der Waals surface area contributed by atoms with E-state index in [1.807, 2.05) is 12.1 Å². The van der Waals surface area contributed by atoms with Gasteiger partial charge in [-0.3, -0.25) is 4.98 Å². The molecule has 2 aromatic heterocycles. The quantitative estimate of drug-likeness (QED) is 0.664. The van der Waals surface area contributed by atoms with Gasteiger partial charge in [0.2, 0.25) is 0 Å². The van der Waals surface area contributed by atoms with E-state index in [9.17, 15) is 4.79 Å². The first kappa shape index (κ1) is 14.9. The molecule has 0 bridgehead atoms. The largest absolute Gasteiger partial charge is 0.465 e. The number of aromatic nitrogens is 1. The third-order valence-electron chi connectivity index (χ3n) is 3.46. The highest BCUT2D eigenvalue weighted by Crippen LogP contribution is 2.39. The number of ether oxygens (including phenoxy) is 1. The molecule has 0 aromatic carbocycles. The van der Waals surface area contributed by atoms with Crippen LogP contribution in [0.2, 0.25) is 0 Å².